The Kier molecular flexibility index (Phi) is 3.43. The molecular weight excluding hydrogens is 306 g/mol. The van der Waals surface area contributed by atoms with E-state index in [1.165, 1.54) is 11.1 Å². The van der Waals surface area contributed by atoms with Crippen LogP contribution in [0, 0.1) is 13.8 Å². The third-order valence-corrected chi connectivity index (χ3v) is 5.13. The van der Waals surface area contributed by atoms with E-state index < -0.39 is 0 Å². The van der Waals surface area contributed by atoms with Gasteiger partial charge in [-0.15, -0.1) is 11.3 Å². The minimum atomic E-state index is 0.179. The monoisotopic (exact) mass is 325 g/mol. The third-order valence-electron chi connectivity index (χ3n) is 4.36. The van der Waals surface area contributed by atoms with Crippen LogP contribution in [0.1, 0.15) is 35.6 Å². The molecule has 0 aliphatic rings. The molecule has 0 saturated carbocycles. The molecule has 0 amide bonds. The van der Waals surface area contributed by atoms with Gasteiger partial charge in [-0.25, -0.2) is 9.97 Å². The maximum Gasteiger partial charge on any atom is 0.193 e. The molecule has 1 aromatic carbocycles. The number of benzene rings is 1. The summed E-state index contributed by atoms with van der Waals surface area (Å²) in [7, 11) is 0. The van der Waals surface area contributed by atoms with Gasteiger partial charge in [-0.2, -0.15) is 0 Å². The quantitative estimate of drug-likeness (QED) is 0.601. The molecule has 0 aliphatic carbocycles. The average Bonchev–Trinajstić information content (AvgIpc) is 3.22. The van der Waals surface area contributed by atoms with Gasteiger partial charge in [0.1, 0.15) is 5.82 Å². The highest BCUT2D eigenvalue weighted by Crippen LogP contribution is 2.20. The largest absolute Gasteiger partial charge is 0.341 e. The lowest BCUT2D eigenvalue weighted by atomic mass is 10.1. The van der Waals surface area contributed by atoms with E-state index in [9.17, 15) is 0 Å². The molecule has 3 heterocycles. The number of aromatic nitrogens is 4. The topological polar surface area (TPSA) is 58.0 Å². The van der Waals surface area contributed by atoms with Gasteiger partial charge in [0.25, 0.3) is 0 Å². The van der Waals surface area contributed by atoms with Gasteiger partial charge < -0.3 is 10.3 Å². The lowest BCUT2D eigenvalue weighted by Gasteiger charge is -2.09. The summed E-state index contributed by atoms with van der Waals surface area (Å²) in [5, 5.41) is 5.54. The number of fused-ring (bicyclic) bond motifs is 2. The molecule has 0 spiro atoms. The van der Waals surface area contributed by atoms with E-state index in [1.54, 1.807) is 11.3 Å². The number of thiazole rings is 1. The van der Waals surface area contributed by atoms with E-state index in [0.717, 1.165) is 27.5 Å². The van der Waals surface area contributed by atoms with Crippen LogP contribution in [-0.2, 0) is 6.54 Å². The normalized spacial score (nSPS) is 13.2. The first-order chi connectivity index (χ1) is 11.1. The van der Waals surface area contributed by atoms with Gasteiger partial charge >= 0.3 is 0 Å². The fourth-order valence-electron chi connectivity index (χ4n) is 2.76. The number of rotatable bonds is 4. The highest BCUT2D eigenvalue weighted by atomic mass is 32.1. The van der Waals surface area contributed by atoms with Crippen molar-refractivity contribution in [3.63, 3.8) is 0 Å². The van der Waals surface area contributed by atoms with Crippen LogP contribution in [0.25, 0.3) is 16.0 Å². The molecule has 0 aliphatic heterocycles. The molecule has 1 atom stereocenters. The van der Waals surface area contributed by atoms with Crippen molar-refractivity contribution in [2.45, 2.75) is 33.4 Å². The first-order valence-electron chi connectivity index (χ1n) is 7.72. The first-order valence-corrected chi connectivity index (χ1v) is 8.60. The van der Waals surface area contributed by atoms with E-state index in [-0.39, 0.29) is 6.04 Å². The van der Waals surface area contributed by atoms with Crippen LogP contribution in [0.2, 0.25) is 0 Å². The Bertz CT molecular complexity index is 949. The molecule has 0 saturated heterocycles. The number of nitrogens with one attached hydrogen (secondary N) is 2. The molecule has 0 unspecified atom stereocenters. The summed E-state index contributed by atoms with van der Waals surface area (Å²) in [5.41, 5.74) is 5.74. The number of hydrogen-bond acceptors (Lipinski definition) is 4. The molecule has 0 radical (unpaired) electrons. The zero-order chi connectivity index (χ0) is 16.0. The zero-order valence-electron chi connectivity index (χ0n) is 13.4. The van der Waals surface area contributed by atoms with Crippen LogP contribution in [0.5, 0.6) is 0 Å². The molecule has 0 bridgehead atoms. The number of H-pyrrole nitrogens is 1. The van der Waals surface area contributed by atoms with Crippen molar-refractivity contribution in [3.8, 4) is 0 Å². The maximum absolute atomic E-state index is 4.73. The predicted molar refractivity (Wildman–Crippen MR) is 93.9 cm³/mol. The third kappa shape index (κ3) is 2.54. The Hall–Kier alpha value is -2.18. The second-order valence-corrected chi connectivity index (χ2v) is 6.82. The molecule has 4 aromatic rings. The van der Waals surface area contributed by atoms with Gasteiger partial charge in [0, 0.05) is 23.8 Å². The molecule has 2 N–H and O–H groups in total. The SMILES string of the molecule is Cc1ccc2[nH]c(CN[C@H](C)c3cn4ccsc4n3)nc2c1C. The first kappa shape index (κ1) is 14.4. The van der Waals surface area contributed by atoms with E-state index in [4.69, 9.17) is 4.98 Å². The summed E-state index contributed by atoms with van der Waals surface area (Å²) in [4.78, 5) is 13.8. The summed E-state index contributed by atoms with van der Waals surface area (Å²) < 4.78 is 2.06. The second-order valence-electron chi connectivity index (χ2n) is 5.95. The van der Waals surface area contributed by atoms with Crippen molar-refractivity contribution in [1.29, 1.82) is 0 Å². The summed E-state index contributed by atoms with van der Waals surface area (Å²) in [6.45, 7) is 7.06. The summed E-state index contributed by atoms with van der Waals surface area (Å²) in [6, 6.07) is 4.41. The van der Waals surface area contributed by atoms with Crippen molar-refractivity contribution in [2.75, 3.05) is 0 Å². The van der Waals surface area contributed by atoms with Crippen molar-refractivity contribution < 1.29 is 0 Å². The zero-order valence-corrected chi connectivity index (χ0v) is 14.2. The predicted octanol–water partition coefficient (Wildman–Crippen LogP) is 3.74. The Labute approximate surface area is 138 Å². The van der Waals surface area contributed by atoms with Gasteiger partial charge in [0.2, 0.25) is 0 Å². The average molecular weight is 325 g/mol. The fraction of sp³-hybridized carbons (Fsp3) is 0.294. The highest BCUT2D eigenvalue weighted by Gasteiger charge is 2.12. The van der Waals surface area contributed by atoms with E-state index in [1.807, 2.05) is 11.6 Å². The standard InChI is InChI=1S/C17H19N5S/c1-10-4-5-13-16(11(10)2)21-15(19-13)8-18-12(3)14-9-22-6-7-23-17(22)20-14/h4-7,9,12,18H,8H2,1-3H3,(H,19,21)/t12-/m1/s1. The van der Waals surface area contributed by atoms with Crippen LogP contribution in [-0.4, -0.2) is 19.4 Å². The number of aromatic amines is 1. The molecule has 3 aromatic heterocycles. The van der Waals surface area contributed by atoms with Crippen LogP contribution < -0.4 is 5.32 Å². The van der Waals surface area contributed by atoms with E-state index in [2.05, 4.69) is 58.8 Å². The Morgan fingerprint density at radius 3 is 3.00 bits per heavy atom. The van der Waals surface area contributed by atoms with Gasteiger partial charge in [0.05, 0.1) is 23.3 Å². The van der Waals surface area contributed by atoms with Gasteiger partial charge in [-0.1, -0.05) is 6.07 Å². The van der Waals surface area contributed by atoms with E-state index >= 15 is 0 Å². The van der Waals surface area contributed by atoms with Crippen molar-refractivity contribution in [2.24, 2.45) is 0 Å². The summed E-state index contributed by atoms with van der Waals surface area (Å²) in [6.07, 6.45) is 4.11. The maximum atomic E-state index is 4.73. The Morgan fingerprint density at radius 2 is 2.17 bits per heavy atom. The lowest BCUT2D eigenvalue weighted by Crippen LogP contribution is -2.19. The van der Waals surface area contributed by atoms with Gasteiger partial charge in [-0.05, 0) is 38.0 Å². The number of nitrogens with zero attached hydrogens (tertiary/aromatic N) is 3. The van der Waals surface area contributed by atoms with Gasteiger partial charge in [0.15, 0.2) is 4.96 Å². The van der Waals surface area contributed by atoms with Crippen LogP contribution >= 0.6 is 11.3 Å². The molecule has 4 rings (SSSR count). The highest BCUT2D eigenvalue weighted by molar-refractivity contribution is 7.15. The number of imidazole rings is 2. The molecule has 5 nitrogen and oxygen atoms in total. The molecule has 118 valence electrons. The van der Waals surface area contributed by atoms with Crippen LogP contribution in [0.4, 0.5) is 0 Å². The summed E-state index contributed by atoms with van der Waals surface area (Å²) in [5.74, 6) is 0.960. The van der Waals surface area contributed by atoms with E-state index in [0.29, 0.717) is 6.54 Å². The second kappa shape index (κ2) is 5.47. The lowest BCUT2D eigenvalue weighted by molar-refractivity contribution is 0.553. The molecule has 0 fully saturated rings. The minimum absolute atomic E-state index is 0.179. The number of aryl methyl sites for hydroxylation is 2. The van der Waals surface area contributed by atoms with Crippen molar-refractivity contribution in [3.05, 3.63) is 52.6 Å². The Balaban J connectivity index is 1.52. The minimum Gasteiger partial charge on any atom is -0.341 e. The Morgan fingerprint density at radius 1 is 1.30 bits per heavy atom. The van der Waals surface area contributed by atoms with Crippen LogP contribution in [0.3, 0.4) is 0 Å². The van der Waals surface area contributed by atoms with Gasteiger partial charge in [-0.3, -0.25) is 4.40 Å². The summed E-state index contributed by atoms with van der Waals surface area (Å²) >= 11 is 1.65. The van der Waals surface area contributed by atoms with Crippen molar-refractivity contribution in [1.82, 2.24) is 24.7 Å². The smallest absolute Gasteiger partial charge is 0.193 e. The van der Waals surface area contributed by atoms with Crippen molar-refractivity contribution >= 4 is 27.3 Å². The molecular formula is C17H19N5S. The molecule has 6 heteroatoms. The number of hydrogen-bond donors (Lipinski definition) is 2. The van der Waals surface area contributed by atoms with Crippen LogP contribution in [0.15, 0.2) is 29.9 Å². The fourth-order valence-corrected chi connectivity index (χ4v) is 3.46. The molecule has 23 heavy (non-hydrogen) atoms.